The minimum Gasteiger partial charge on any atom is -0.496 e. The Balaban J connectivity index is 0.00000288. The Hall–Kier alpha value is -1.09. The number of hydrogen-bond acceptors (Lipinski definition) is 5. The van der Waals surface area contributed by atoms with Gasteiger partial charge in [0, 0.05) is 37.8 Å². The molecule has 1 heterocycles. The van der Waals surface area contributed by atoms with E-state index in [2.05, 4.69) is 5.32 Å². The van der Waals surface area contributed by atoms with Crippen molar-refractivity contribution < 1.29 is 27.4 Å². The molecule has 0 saturated carbocycles. The fraction of sp³-hybridized carbons (Fsp3) is 0.600. The van der Waals surface area contributed by atoms with Crippen molar-refractivity contribution in [3.63, 3.8) is 0 Å². The summed E-state index contributed by atoms with van der Waals surface area (Å²) >= 11 is 0. The first-order valence-electron chi connectivity index (χ1n) is 7.23. The van der Waals surface area contributed by atoms with Crippen molar-refractivity contribution in [3.05, 3.63) is 17.7 Å². The molecule has 0 radical (unpaired) electrons. The summed E-state index contributed by atoms with van der Waals surface area (Å²) in [6.07, 6.45) is -4.43. The Morgan fingerprint density at radius 1 is 0.920 bits per heavy atom. The quantitative estimate of drug-likeness (QED) is 0.813. The third-order valence-electron chi connectivity index (χ3n) is 3.86. The molecular weight excluding hydrogens is 384 g/mol. The summed E-state index contributed by atoms with van der Waals surface area (Å²) < 4.78 is 56.7. The van der Waals surface area contributed by atoms with Crippen LogP contribution in [0.25, 0.3) is 0 Å². The molecule has 0 bridgehead atoms. The summed E-state index contributed by atoms with van der Waals surface area (Å²) in [5.41, 5.74) is 0.0274. The first-order valence-corrected chi connectivity index (χ1v) is 7.23. The second kappa shape index (κ2) is 10.2. The highest BCUT2D eigenvalue weighted by atomic mass is 35.5. The highest BCUT2D eigenvalue weighted by Gasteiger charge is 2.46. The van der Waals surface area contributed by atoms with Crippen molar-refractivity contribution in [2.45, 2.75) is 12.2 Å². The number of benzene rings is 1. The molecule has 25 heavy (non-hydrogen) atoms. The lowest BCUT2D eigenvalue weighted by Crippen LogP contribution is -2.49. The fourth-order valence-electron chi connectivity index (χ4n) is 2.79. The summed E-state index contributed by atoms with van der Waals surface area (Å²) in [4.78, 5) is 1.40. The van der Waals surface area contributed by atoms with E-state index in [1.165, 1.54) is 38.4 Å². The number of ether oxygens (including phenoxy) is 3. The van der Waals surface area contributed by atoms with E-state index in [0.717, 1.165) is 0 Å². The SMILES string of the molecule is COc1cc(OC)c([C@H](N2CCNCC2)C(F)(F)F)cc1OC.Cl.Cl. The largest absolute Gasteiger partial charge is 0.496 e. The van der Waals surface area contributed by atoms with Crippen LogP contribution in [0, 0.1) is 0 Å². The van der Waals surface area contributed by atoms with Gasteiger partial charge in [0.1, 0.15) is 11.8 Å². The van der Waals surface area contributed by atoms with Crippen molar-refractivity contribution in [2.75, 3.05) is 47.5 Å². The number of methoxy groups -OCH3 is 3. The molecular formula is C15H23Cl2F3N2O3. The lowest BCUT2D eigenvalue weighted by Gasteiger charge is -2.36. The maximum absolute atomic E-state index is 13.7. The molecule has 0 spiro atoms. The number of nitrogens with one attached hydrogen (secondary N) is 1. The molecule has 1 aliphatic heterocycles. The molecule has 146 valence electrons. The molecule has 1 N–H and O–H groups in total. The van der Waals surface area contributed by atoms with Crippen LogP contribution >= 0.6 is 24.8 Å². The predicted octanol–water partition coefficient (Wildman–Crippen LogP) is 3.06. The second-order valence-electron chi connectivity index (χ2n) is 5.18. The van der Waals surface area contributed by atoms with Crippen LogP contribution in [-0.2, 0) is 0 Å². The van der Waals surface area contributed by atoms with Gasteiger partial charge < -0.3 is 19.5 Å². The Bertz CT molecular complexity index is 541. The van der Waals surface area contributed by atoms with E-state index in [1.807, 2.05) is 0 Å². The molecule has 0 unspecified atom stereocenters. The normalized spacial score (nSPS) is 16.2. The maximum atomic E-state index is 13.7. The summed E-state index contributed by atoms with van der Waals surface area (Å²) in [5.74, 6) is 0.700. The Labute approximate surface area is 157 Å². The zero-order chi connectivity index (χ0) is 17.0. The van der Waals surface area contributed by atoms with E-state index >= 15 is 0 Å². The zero-order valence-electron chi connectivity index (χ0n) is 14.2. The van der Waals surface area contributed by atoms with Crippen molar-refractivity contribution in [1.82, 2.24) is 10.2 Å². The Morgan fingerprint density at radius 2 is 1.40 bits per heavy atom. The molecule has 1 aromatic carbocycles. The van der Waals surface area contributed by atoms with Gasteiger partial charge >= 0.3 is 6.18 Å². The van der Waals surface area contributed by atoms with Crippen molar-refractivity contribution >= 4 is 24.8 Å². The van der Waals surface area contributed by atoms with Crippen LogP contribution < -0.4 is 19.5 Å². The molecule has 1 saturated heterocycles. The van der Waals surface area contributed by atoms with Crippen LogP contribution in [0.15, 0.2) is 12.1 Å². The van der Waals surface area contributed by atoms with Crippen LogP contribution in [0.1, 0.15) is 11.6 Å². The topological polar surface area (TPSA) is 43.0 Å². The molecule has 0 amide bonds. The van der Waals surface area contributed by atoms with Crippen LogP contribution in [-0.4, -0.2) is 58.6 Å². The summed E-state index contributed by atoms with van der Waals surface area (Å²) in [6.45, 7) is 1.65. The second-order valence-corrected chi connectivity index (χ2v) is 5.18. The predicted molar refractivity (Wildman–Crippen MR) is 93.8 cm³/mol. The van der Waals surface area contributed by atoms with Crippen molar-refractivity contribution in [1.29, 1.82) is 0 Å². The lowest BCUT2D eigenvalue weighted by molar-refractivity contribution is -0.188. The number of rotatable bonds is 5. The lowest BCUT2D eigenvalue weighted by atomic mass is 10.0. The number of alkyl halides is 3. The van der Waals surface area contributed by atoms with Gasteiger partial charge in [-0.3, -0.25) is 4.90 Å². The summed E-state index contributed by atoms with van der Waals surface area (Å²) in [5, 5.41) is 3.06. The Morgan fingerprint density at radius 3 is 1.84 bits per heavy atom. The smallest absolute Gasteiger partial charge is 0.408 e. The minimum atomic E-state index is -4.43. The standard InChI is InChI=1S/C15H21F3N2O3.2ClH/c1-21-11-9-13(23-3)12(22-2)8-10(11)14(15(16,17)18)20-6-4-19-5-7-20;;/h8-9,14,19H,4-7H2,1-3H3;2*1H/t14-;;/m0../s1. The van der Waals surface area contributed by atoms with Gasteiger partial charge in [0.05, 0.1) is 21.3 Å². The first kappa shape index (κ1) is 23.9. The van der Waals surface area contributed by atoms with Gasteiger partial charge in [-0.05, 0) is 6.07 Å². The number of nitrogens with zero attached hydrogens (tertiary/aromatic N) is 1. The summed E-state index contributed by atoms with van der Waals surface area (Å²) in [6, 6.07) is 1.02. The van der Waals surface area contributed by atoms with Crippen molar-refractivity contribution in [3.8, 4) is 17.2 Å². The van der Waals surface area contributed by atoms with Crippen LogP contribution in [0.4, 0.5) is 13.2 Å². The molecule has 0 aliphatic carbocycles. The molecule has 1 aliphatic rings. The number of hydrogen-bond donors (Lipinski definition) is 1. The van der Waals surface area contributed by atoms with Gasteiger partial charge in [0.2, 0.25) is 0 Å². The van der Waals surface area contributed by atoms with E-state index in [1.54, 1.807) is 0 Å². The highest BCUT2D eigenvalue weighted by Crippen LogP contribution is 2.45. The molecule has 2 rings (SSSR count). The number of piperazine rings is 1. The van der Waals surface area contributed by atoms with Gasteiger partial charge in [-0.25, -0.2) is 0 Å². The highest BCUT2D eigenvalue weighted by molar-refractivity contribution is 5.85. The maximum Gasteiger partial charge on any atom is 0.408 e. The van der Waals surface area contributed by atoms with Crippen LogP contribution in [0.2, 0.25) is 0 Å². The van der Waals surface area contributed by atoms with Gasteiger partial charge in [-0.1, -0.05) is 0 Å². The zero-order valence-corrected chi connectivity index (χ0v) is 15.8. The van der Waals surface area contributed by atoms with Gasteiger partial charge in [0.15, 0.2) is 11.5 Å². The fourth-order valence-corrected chi connectivity index (χ4v) is 2.79. The molecule has 1 fully saturated rings. The van der Waals surface area contributed by atoms with Crippen LogP contribution in [0.3, 0.4) is 0 Å². The third kappa shape index (κ3) is 5.44. The average molecular weight is 407 g/mol. The van der Waals surface area contributed by atoms with E-state index in [-0.39, 0.29) is 41.9 Å². The summed E-state index contributed by atoms with van der Waals surface area (Å²) in [7, 11) is 4.16. The van der Waals surface area contributed by atoms with E-state index in [4.69, 9.17) is 14.2 Å². The molecule has 1 atom stereocenters. The molecule has 5 nitrogen and oxygen atoms in total. The van der Waals surface area contributed by atoms with Gasteiger partial charge in [0.25, 0.3) is 0 Å². The monoisotopic (exact) mass is 406 g/mol. The molecule has 10 heteroatoms. The number of halogens is 5. The van der Waals surface area contributed by atoms with E-state index in [9.17, 15) is 13.2 Å². The third-order valence-corrected chi connectivity index (χ3v) is 3.86. The Kier molecular flexibility index (Phi) is 9.71. The first-order chi connectivity index (χ1) is 10.9. The average Bonchev–Trinajstić information content (AvgIpc) is 2.54. The minimum absolute atomic E-state index is 0. The van der Waals surface area contributed by atoms with Gasteiger partial charge in [-0.15, -0.1) is 24.8 Å². The molecule has 1 aromatic rings. The van der Waals surface area contributed by atoms with Gasteiger partial charge in [-0.2, -0.15) is 13.2 Å². The van der Waals surface area contributed by atoms with Crippen LogP contribution in [0.5, 0.6) is 17.2 Å². The molecule has 0 aromatic heterocycles. The van der Waals surface area contributed by atoms with Crippen molar-refractivity contribution in [2.24, 2.45) is 0 Å². The van der Waals surface area contributed by atoms with E-state index in [0.29, 0.717) is 31.9 Å². The van der Waals surface area contributed by atoms with E-state index < -0.39 is 12.2 Å².